The van der Waals surface area contributed by atoms with E-state index in [0.717, 1.165) is 48.2 Å². The predicted molar refractivity (Wildman–Crippen MR) is 83.1 cm³/mol. The summed E-state index contributed by atoms with van der Waals surface area (Å²) in [4.78, 5) is 2.53. The molecule has 19 heavy (non-hydrogen) atoms. The second kappa shape index (κ2) is 7.49. The summed E-state index contributed by atoms with van der Waals surface area (Å²) < 4.78 is 0. The van der Waals surface area contributed by atoms with Crippen molar-refractivity contribution in [2.75, 3.05) is 19.6 Å². The Morgan fingerprint density at radius 2 is 2.21 bits per heavy atom. The number of halogens is 2. The summed E-state index contributed by atoms with van der Waals surface area (Å²) in [6.07, 6.45) is 3.69. The third-order valence-electron chi connectivity index (χ3n) is 3.68. The standard InChI is InChI=1S/C15H22Cl2N2/c1-2-8-19(14-4-3-7-18-10-14)11-12-9-13(16)5-6-15(12)17/h5-6,9,14,18H,2-4,7-8,10-11H2,1H3. The SMILES string of the molecule is CCCN(Cc1cc(Cl)ccc1Cl)C1CCCNC1. The smallest absolute Gasteiger partial charge is 0.0452 e. The van der Waals surface area contributed by atoms with Crippen LogP contribution in [-0.2, 0) is 6.54 Å². The van der Waals surface area contributed by atoms with Crippen LogP contribution in [0.1, 0.15) is 31.7 Å². The molecule has 106 valence electrons. The van der Waals surface area contributed by atoms with Crippen molar-refractivity contribution in [1.29, 1.82) is 0 Å². The van der Waals surface area contributed by atoms with Crippen LogP contribution in [0.15, 0.2) is 18.2 Å². The summed E-state index contributed by atoms with van der Waals surface area (Å²) in [7, 11) is 0. The molecule has 0 amide bonds. The molecule has 0 saturated carbocycles. The van der Waals surface area contributed by atoms with Crippen LogP contribution in [0.4, 0.5) is 0 Å². The summed E-state index contributed by atoms with van der Waals surface area (Å²) in [6.45, 7) is 6.45. The summed E-state index contributed by atoms with van der Waals surface area (Å²) in [5.41, 5.74) is 1.13. The lowest BCUT2D eigenvalue weighted by Gasteiger charge is -2.34. The fourth-order valence-electron chi connectivity index (χ4n) is 2.71. The Morgan fingerprint density at radius 1 is 1.37 bits per heavy atom. The van der Waals surface area contributed by atoms with Gasteiger partial charge < -0.3 is 5.32 Å². The molecule has 1 N–H and O–H groups in total. The molecule has 0 spiro atoms. The fraction of sp³-hybridized carbons (Fsp3) is 0.600. The summed E-state index contributed by atoms with van der Waals surface area (Å²) >= 11 is 12.4. The van der Waals surface area contributed by atoms with Gasteiger partial charge in [0, 0.05) is 29.2 Å². The van der Waals surface area contributed by atoms with Gasteiger partial charge in [0.25, 0.3) is 0 Å². The number of nitrogens with one attached hydrogen (secondary N) is 1. The lowest BCUT2D eigenvalue weighted by atomic mass is 10.0. The predicted octanol–water partition coefficient (Wildman–Crippen LogP) is 3.96. The Kier molecular flexibility index (Phi) is 5.96. The van der Waals surface area contributed by atoms with E-state index in [9.17, 15) is 0 Å². The first-order valence-electron chi connectivity index (χ1n) is 7.09. The monoisotopic (exact) mass is 300 g/mol. The summed E-state index contributed by atoms with van der Waals surface area (Å²) in [6, 6.07) is 6.34. The van der Waals surface area contributed by atoms with E-state index in [4.69, 9.17) is 23.2 Å². The highest BCUT2D eigenvalue weighted by atomic mass is 35.5. The van der Waals surface area contributed by atoms with Crippen molar-refractivity contribution in [3.63, 3.8) is 0 Å². The molecule has 0 aromatic heterocycles. The number of piperidine rings is 1. The lowest BCUT2D eigenvalue weighted by molar-refractivity contribution is 0.158. The largest absolute Gasteiger partial charge is 0.315 e. The lowest BCUT2D eigenvalue weighted by Crippen LogP contribution is -2.45. The molecule has 1 aliphatic rings. The van der Waals surface area contributed by atoms with E-state index in [2.05, 4.69) is 17.1 Å². The fourth-order valence-corrected chi connectivity index (χ4v) is 3.08. The van der Waals surface area contributed by atoms with E-state index in [1.807, 2.05) is 18.2 Å². The molecule has 1 atom stereocenters. The Balaban J connectivity index is 2.08. The average Bonchev–Trinajstić information content (AvgIpc) is 2.43. The zero-order valence-corrected chi connectivity index (χ0v) is 13.0. The molecule has 2 rings (SSSR count). The van der Waals surface area contributed by atoms with Gasteiger partial charge in [-0.15, -0.1) is 0 Å². The molecule has 4 heteroatoms. The van der Waals surface area contributed by atoms with Gasteiger partial charge in [-0.3, -0.25) is 4.90 Å². The van der Waals surface area contributed by atoms with Gasteiger partial charge in [0.15, 0.2) is 0 Å². The van der Waals surface area contributed by atoms with Crippen molar-refractivity contribution in [3.8, 4) is 0 Å². The van der Waals surface area contributed by atoms with Crippen molar-refractivity contribution in [2.24, 2.45) is 0 Å². The van der Waals surface area contributed by atoms with Crippen LogP contribution in [0.5, 0.6) is 0 Å². The van der Waals surface area contributed by atoms with E-state index >= 15 is 0 Å². The van der Waals surface area contributed by atoms with Gasteiger partial charge >= 0.3 is 0 Å². The first-order valence-corrected chi connectivity index (χ1v) is 7.85. The number of rotatable bonds is 5. The molecule has 0 bridgehead atoms. The molecular weight excluding hydrogens is 279 g/mol. The Labute approximate surface area is 126 Å². The van der Waals surface area contributed by atoms with E-state index in [-0.39, 0.29) is 0 Å². The van der Waals surface area contributed by atoms with Gasteiger partial charge in [0.05, 0.1) is 0 Å². The zero-order valence-electron chi connectivity index (χ0n) is 11.5. The first-order chi connectivity index (χ1) is 9.20. The van der Waals surface area contributed by atoms with Crippen LogP contribution in [0, 0.1) is 0 Å². The van der Waals surface area contributed by atoms with Crippen LogP contribution in [0.3, 0.4) is 0 Å². The highest BCUT2D eigenvalue weighted by Gasteiger charge is 2.21. The van der Waals surface area contributed by atoms with E-state index in [0.29, 0.717) is 6.04 Å². The Bertz CT molecular complexity index is 403. The molecule has 1 unspecified atom stereocenters. The molecule has 1 heterocycles. The summed E-state index contributed by atoms with van der Waals surface area (Å²) in [5, 5.41) is 5.06. The van der Waals surface area contributed by atoms with Gasteiger partial charge in [-0.2, -0.15) is 0 Å². The molecule has 0 aliphatic carbocycles. The van der Waals surface area contributed by atoms with E-state index in [1.165, 1.54) is 12.8 Å². The third-order valence-corrected chi connectivity index (χ3v) is 4.28. The van der Waals surface area contributed by atoms with Crippen LogP contribution in [0.25, 0.3) is 0 Å². The van der Waals surface area contributed by atoms with Crippen molar-refractivity contribution in [1.82, 2.24) is 10.2 Å². The second-order valence-corrected chi connectivity index (χ2v) is 6.05. The van der Waals surface area contributed by atoms with Crippen molar-refractivity contribution < 1.29 is 0 Å². The normalized spacial score (nSPS) is 19.9. The number of benzene rings is 1. The minimum atomic E-state index is 0.615. The van der Waals surface area contributed by atoms with Gasteiger partial charge in [-0.05, 0) is 56.1 Å². The number of nitrogens with zero attached hydrogens (tertiary/aromatic N) is 1. The third kappa shape index (κ3) is 4.35. The van der Waals surface area contributed by atoms with Crippen LogP contribution >= 0.6 is 23.2 Å². The maximum Gasteiger partial charge on any atom is 0.0452 e. The number of hydrogen-bond donors (Lipinski definition) is 1. The van der Waals surface area contributed by atoms with Gasteiger partial charge in [0.1, 0.15) is 0 Å². The topological polar surface area (TPSA) is 15.3 Å². The molecule has 1 fully saturated rings. The van der Waals surface area contributed by atoms with E-state index in [1.54, 1.807) is 0 Å². The number of hydrogen-bond acceptors (Lipinski definition) is 2. The van der Waals surface area contributed by atoms with Gasteiger partial charge in [-0.25, -0.2) is 0 Å². The Morgan fingerprint density at radius 3 is 2.89 bits per heavy atom. The van der Waals surface area contributed by atoms with Crippen LogP contribution < -0.4 is 5.32 Å². The second-order valence-electron chi connectivity index (χ2n) is 5.21. The minimum absolute atomic E-state index is 0.615. The first kappa shape index (κ1) is 15.1. The van der Waals surface area contributed by atoms with Gasteiger partial charge in [0.2, 0.25) is 0 Å². The molecule has 1 saturated heterocycles. The molecule has 2 nitrogen and oxygen atoms in total. The molecule has 0 radical (unpaired) electrons. The highest BCUT2D eigenvalue weighted by molar-refractivity contribution is 6.33. The zero-order chi connectivity index (χ0) is 13.7. The Hall–Kier alpha value is -0.280. The van der Waals surface area contributed by atoms with Crippen molar-refractivity contribution in [2.45, 2.75) is 38.8 Å². The molecular formula is C15H22Cl2N2. The quantitative estimate of drug-likeness (QED) is 0.885. The molecule has 1 aliphatic heterocycles. The van der Waals surface area contributed by atoms with Crippen LogP contribution in [-0.4, -0.2) is 30.6 Å². The summed E-state index contributed by atoms with van der Waals surface area (Å²) in [5.74, 6) is 0. The molecule has 1 aromatic carbocycles. The minimum Gasteiger partial charge on any atom is -0.315 e. The average molecular weight is 301 g/mol. The molecule has 1 aromatic rings. The maximum atomic E-state index is 6.28. The highest BCUT2D eigenvalue weighted by Crippen LogP contribution is 2.24. The van der Waals surface area contributed by atoms with E-state index < -0.39 is 0 Å². The van der Waals surface area contributed by atoms with Crippen LogP contribution in [0.2, 0.25) is 10.0 Å². The van der Waals surface area contributed by atoms with Crippen molar-refractivity contribution >= 4 is 23.2 Å². The van der Waals surface area contributed by atoms with Gasteiger partial charge in [-0.1, -0.05) is 30.1 Å². The maximum absolute atomic E-state index is 6.28. The van der Waals surface area contributed by atoms with Crippen molar-refractivity contribution in [3.05, 3.63) is 33.8 Å².